The summed E-state index contributed by atoms with van der Waals surface area (Å²) < 4.78 is 10.9. The summed E-state index contributed by atoms with van der Waals surface area (Å²) in [6.07, 6.45) is 6.20. The molecule has 19 heavy (non-hydrogen) atoms. The molecule has 6 nitrogen and oxygen atoms in total. The molecule has 6 heteroatoms. The monoisotopic (exact) mass is 264 g/mol. The Kier molecular flexibility index (Phi) is 5.33. The van der Waals surface area contributed by atoms with Gasteiger partial charge in [-0.05, 0) is 13.0 Å². The Morgan fingerprint density at radius 2 is 2.47 bits per heavy atom. The number of nitrogens with zero attached hydrogens (tertiary/aromatic N) is 3. The van der Waals surface area contributed by atoms with Crippen LogP contribution in [0.3, 0.4) is 0 Å². The van der Waals surface area contributed by atoms with Crippen LogP contribution in [-0.4, -0.2) is 47.8 Å². The lowest BCUT2D eigenvalue weighted by atomic mass is 10.2. The molecule has 0 spiro atoms. The van der Waals surface area contributed by atoms with Gasteiger partial charge in [0.1, 0.15) is 6.10 Å². The van der Waals surface area contributed by atoms with Gasteiger partial charge in [-0.2, -0.15) is 4.98 Å². The first-order chi connectivity index (χ1) is 9.33. The number of hydrogen-bond donors (Lipinski definition) is 1. The normalized spacial score (nSPS) is 20.3. The van der Waals surface area contributed by atoms with E-state index < -0.39 is 0 Å². The van der Waals surface area contributed by atoms with Crippen LogP contribution in [0.25, 0.3) is 0 Å². The topological polar surface area (TPSA) is 63.4 Å². The standard InChI is InChI=1S/C13H20N4O2/c1-3-5-14-9-12-15-13(16-19-12)11-10-17(6-4-2)7-8-18-11/h1,11,14H,4-10H2,2H3. The first-order valence-corrected chi connectivity index (χ1v) is 6.64. The van der Waals surface area contributed by atoms with Crippen LogP contribution in [-0.2, 0) is 11.3 Å². The molecule has 0 amide bonds. The molecule has 0 aromatic carbocycles. The molecular formula is C13H20N4O2. The van der Waals surface area contributed by atoms with Crippen LogP contribution in [0.1, 0.15) is 31.2 Å². The summed E-state index contributed by atoms with van der Waals surface area (Å²) in [5.74, 6) is 3.66. The minimum Gasteiger partial charge on any atom is -0.367 e. The molecule has 1 atom stereocenters. The number of morpholine rings is 1. The van der Waals surface area contributed by atoms with Crippen LogP contribution in [0.2, 0.25) is 0 Å². The van der Waals surface area contributed by atoms with E-state index in [9.17, 15) is 0 Å². The Morgan fingerprint density at radius 3 is 3.26 bits per heavy atom. The van der Waals surface area contributed by atoms with E-state index in [1.165, 1.54) is 0 Å². The molecule has 0 saturated carbocycles. The lowest BCUT2D eigenvalue weighted by Crippen LogP contribution is -2.39. The summed E-state index contributed by atoms with van der Waals surface area (Å²) in [6.45, 7) is 6.74. The number of rotatable bonds is 6. The summed E-state index contributed by atoms with van der Waals surface area (Å²) in [5.41, 5.74) is 0. The van der Waals surface area contributed by atoms with E-state index in [0.29, 0.717) is 31.4 Å². The fourth-order valence-electron chi connectivity index (χ4n) is 2.09. The van der Waals surface area contributed by atoms with Crippen LogP contribution >= 0.6 is 0 Å². The van der Waals surface area contributed by atoms with Crippen molar-refractivity contribution in [3.63, 3.8) is 0 Å². The van der Waals surface area contributed by atoms with Crippen LogP contribution in [0, 0.1) is 12.3 Å². The molecule has 2 heterocycles. The molecule has 1 N–H and O–H groups in total. The van der Waals surface area contributed by atoms with Crippen LogP contribution in [0.15, 0.2) is 4.52 Å². The third kappa shape index (κ3) is 4.03. The predicted octanol–water partition coefficient (Wildman–Crippen LogP) is 0.576. The lowest BCUT2D eigenvalue weighted by Gasteiger charge is -2.30. The van der Waals surface area contributed by atoms with Gasteiger partial charge in [0.05, 0.1) is 19.7 Å². The first-order valence-electron chi connectivity index (χ1n) is 6.64. The van der Waals surface area contributed by atoms with Crippen molar-refractivity contribution in [1.82, 2.24) is 20.4 Å². The second kappa shape index (κ2) is 7.24. The number of aromatic nitrogens is 2. The summed E-state index contributed by atoms with van der Waals surface area (Å²) >= 11 is 0. The molecular weight excluding hydrogens is 244 g/mol. The van der Waals surface area contributed by atoms with E-state index in [2.05, 4.69) is 33.2 Å². The van der Waals surface area contributed by atoms with Crippen molar-refractivity contribution in [2.45, 2.75) is 26.0 Å². The molecule has 0 radical (unpaired) electrons. The van der Waals surface area contributed by atoms with Gasteiger partial charge in [0.25, 0.3) is 0 Å². The number of hydrogen-bond acceptors (Lipinski definition) is 6. The zero-order chi connectivity index (χ0) is 13.5. The molecule has 1 aromatic rings. The highest BCUT2D eigenvalue weighted by Gasteiger charge is 2.25. The maximum atomic E-state index is 5.70. The molecule has 0 aliphatic carbocycles. The Morgan fingerprint density at radius 1 is 1.58 bits per heavy atom. The molecule has 1 aliphatic heterocycles. The molecule has 104 valence electrons. The van der Waals surface area contributed by atoms with Crippen LogP contribution in [0.5, 0.6) is 0 Å². The summed E-state index contributed by atoms with van der Waals surface area (Å²) in [6, 6.07) is 0. The van der Waals surface area contributed by atoms with Gasteiger partial charge in [-0.3, -0.25) is 10.2 Å². The highest BCUT2D eigenvalue weighted by atomic mass is 16.5. The van der Waals surface area contributed by atoms with E-state index in [0.717, 1.165) is 26.1 Å². The summed E-state index contributed by atoms with van der Waals surface area (Å²) in [5, 5.41) is 7.00. The molecule has 1 unspecified atom stereocenters. The van der Waals surface area contributed by atoms with E-state index in [4.69, 9.17) is 15.7 Å². The largest absolute Gasteiger partial charge is 0.367 e. The summed E-state index contributed by atoms with van der Waals surface area (Å²) in [4.78, 5) is 6.70. The fraction of sp³-hybridized carbons (Fsp3) is 0.692. The number of terminal acetylenes is 1. The molecule has 0 bridgehead atoms. The number of ether oxygens (including phenoxy) is 1. The second-order valence-electron chi connectivity index (χ2n) is 4.51. The molecule has 1 aromatic heterocycles. The molecule has 1 aliphatic rings. The van der Waals surface area contributed by atoms with Gasteiger partial charge >= 0.3 is 0 Å². The highest BCUT2D eigenvalue weighted by molar-refractivity contribution is 4.95. The second-order valence-corrected chi connectivity index (χ2v) is 4.51. The highest BCUT2D eigenvalue weighted by Crippen LogP contribution is 2.19. The molecule has 1 fully saturated rings. The molecule has 2 rings (SSSR count). The van der Waals surface area contributed by atoms with Gasteiger partial charge in [-0.1, -0.05) is 18.0 Å². The van der Waals surface area contributed by atoms with Gasteiger partial charge in [-0.25, -0.2) is 0 Å². The Balaban J connectivity index is 1.88. The fourth-order valence-corrected chi connectivity index (χ4v) is 2.09. The van der Waals surface area contributed by atoms with Gasteiger partial charge < -0.3 is 9.26 Å². The van der Waals surface area contributed by atoms with Crippen molar-refractivity contribution >= 4 is 0 Å². The minimum atomic E-state index is -0.0922. The van der Waals surface area contributed by atoms with Crippen molar-refractivity contribution in [3.05, 3.63) is 11.7 Å². The van der Waals surface area contributed by atoms with E-state index in [1.807, 2.05) is 0 Å². The van der Waals surface area contributed by atoms with Gasteiger partial charge in [-0.15, -0.1) is 6.42 Å². The Hall–Kier alpha value is -1.42. The molecule has 1 saturated heterocycles. The van der Waals surface area contributed by atoms with Crippen LogP contribution < -0.4 is 5.32 Å². The van der Waals surface area contributed by atoms with E-state index in [1.54, 1.807) is 0 Å². The van der Waals surface area contributed by atoms with Gasteiger partial charge in [0, 0.05) is 13.1 Å². The van der Waals surface area contributed by atoms with Crippen molar-refractivity contribution < 1.29 is 9.26 Å². The zero-order valence-electron chi connectivity index (χ0n) is 11.3. The summed E-state index contributed by atoms with van der Waals surface area (Å²) in [7, 11) is 0. The van der Waals surface area contributed by atoms with Gasteiger partial charge in [0.2, 0.25) is 11.7 Å². The zero-order valence-corrected chi connectivity index (χ0v) is 11.3. The Labute approximate surface area is 113 Å². The smallest absolute Gasteiger partial charge is 0.240 e. The predicted molar refractivity (Wildman–Crippen MR) is 70.3 cm³/mol. The third-order valence-corrected chi connectivity index (χ3v) is 2.97. The average molecular weight is 264 g/mol. The Bertz CT molecular complexity index is 425. The van der Waals surface area contributed by atoms with Crippen molar-refractivity contribution in [2.75, 3.05) is 32.8 Å². The number of nitrogens with one attached hydrogen (secondary N) is 1. The first kappa shape index (κ1) is 14.0. The van der Waals surface area contributed by atoms with Crippen molar-refractivity contribution in [2.24, 2.45) is 0 Å². The van der Waals surface area contributed by atoms with Crippen LogP contribution in [0.4, 0.5) is 0 Å². The quantitative estimate of drug-likeness (QED) is 0.599. The maximum absolute atomic E-state index is 5.70. The lowest BCUT2D eigenvalue weighted by molar-refractivity contribution is -0.0350. The minimum absolute atomic E-state index is 0.0922. The van der Waals surface area contributed by atoms with E-state index in [-0.39, 0.29) is 6.10 Å². The maximum Gasteiger partial charge on any atom is 0.240 e. The van der Waals surface area contributed by atoms with Crippen molar-refractivity contribution in [1.29, 1.82) is 0 Å². The van der Waals surface area contributed by atoms with Gasteiger partial charge in [0.15, 0.2) is 0 Å². The van der Waals surface area contributed by atoms with E-state index >= 15 is 0 Å². The SMILES string of the molecule is C#CCNCc1nc(C2CN(CCC)CCO2)no1. The third-order valence-electron chi connectivity index (χ3n) is 2.97. The van der Waals surface area contributed by atoms with Crippen molar-refractivity contribution in [3.8, 4) is 12.3 Å². The average Bonchev–Trinajstić information content (AvgIpc) is 2.89.